The molecule has 2 heterocycles. The Kier molecular flexibility index (Phi) is 6.14. The fourth-order valence-corrected chi connectivity index (χ4v) is 4.98. The van der Waals surface area contributed by atoms with Gasteiger partial charge in [-0.2, -0.15) is 0 Å². The molecule has 1 fully saturated rings. The zero-order valence-corrected chi connectivity index (χ0v) is 16.1. The Labute approximate surface area is 147 Å². The third-order valence-electron chi connectivity index (χ3n) is 4.02. The summed E-state index contributed by atoms with van der Waals surface area (Å²) < 4.78 is 0. The molecular weight excluding hydrogens is 328 g/mol. The van der Waals surface area contributed by atoms with Gasteiger partial charge in [0.25, 0.3) is 0 Å². The van der Waals surface area contributed by atoms with Gasteiger partial charge in [-0.25, -0.2) is 0 Å². The van der Waals surface area contributed by atoms with Crippen molar-refractivity contribution in [3.63, 3.8) is 0 Å². The van der Waals surface area contributed by atoms with E-state index >= 15 is 0 Å². The maximum Gasteiger partial charge on any atom is 0.236 e. The number of thiophene rings is 1. The molecule has 2 atom stereocenters. The van der Waals surface area contributed by atoms with Crippen LogP contribution in [0, 0.1) is 5.92 Å². The van der Waals surface area contributed by atoms with Gasteiger partial charge < -0.3 is 9.80 Å². The van der Waals surface area contributed by atoms with Crippen LogP contribution in [0.5, 0.6) is 0 Å². The van der Waals surface area contributed by atoms with Gasteiger partial charge >= 0.3 is 0 Å². The molecule has 23 heavy (non-hydrogen) atoms. The standard InChI is InChI=1S/C17H26N2O2S2/c1-11(2)15(20)18(12(3)4)8-9-19-16(21)13(5)23-17(19)14-7-6-10-22-14/h6-7,10-13,17H,8-9H2,1-5H3/t13-,17+/m0/s1. The van der Waals surface area contributed by atoms with Gasteiger partial charge in [0, 0.05) is 29.9 Å². The van der Waals surface area contributed by atoms with E-state index in [0.29, 0.717) is 13.1 Å². The van der Waals surface area contributed by atoms with Crippen molar-refractivity contribution in [3.8, 4) is 0 Å². The molecule has 1 aliphatic heterocycles. The third kappa shape index (κ3) is 4.10. The molecule has 1 aromatic heterocycles. The van der Waals surface area contributed by atoms with Crippen LogP contribution in [-0.4, -0.2) is 46.0 Å². The van der Waals surface area contributed by atoms with Crippen molar-refractivity contribution in [2.24, 2.45) is 5.92 Å². The average Bonchev–Trinajstić information content (AvgIpc) is 3.09. The number of thioether (sulfide) groups is 1. The topological polar surface area (TPSA) is 40.6 Å². The van der Waals surface area contributed by atoms with Crippen molar-refractivity contribution < 1.29 is 9.59 Å². The van der Waals surface area contributed by atoms with E-state index in [4.69, 9.17) is 0 Å². The molecule has 0 bridgehead atoms. The van der Waals surface area contributed by atoms with Gasteiger partial charge in [-0.05, 0) is 32.2 Å². The summed E-state index contributed by atoms with van der Waals surface area (Å²) in [5, 5.41) is 2.11. The number of nitrogens with zero attached hydrogens (tertiary/aromatic N) is 2. The van der Waals surface area contributed by atoms with Gasteiger partial charge in [0.1, 0.15) is 5.37 Å². The second kappa shape index (κ2) is 7.71. The Hall–Kier alpha value is -1.01. The van der Waals surface area contributed by atoms with Crippen LogP contribution in [0.25, 0.3) is 0 Å². The van der Waals surface area contributed by atoms with Crippen LogP contribution in [0.3, 0.4) is 0 Å². The molecule has 2 amide bonds. The van der Waals surface area contributed by atoms with Crippen molar-refractivity contribution in [2.45, 2.75) is 51.3 Å². The summed E-state index contributed by atoms with van der Waals surface area (Å²) in [5.41, 5.74) is 0. The van der Waals surface area contributed by atoms with E-state index in [1.807, 2.05) is 55.9 Å². The van der Waals surface area contributed by atoms with Crippen molar-refractivity contribution in [3.05, 3.63) is 22.4 Å². The smallest absolute Gasteiger partial charge is 0.236 e. The summed E-state index contributed by atoms with van der Waals surface area (Å²) in [4.78, 5) is 29.9. The second-order valence-electron chi connectivity index (χ2n) is 6.46. The highest BCUT2D eigenvalue weighted by Gasteiger charge is 2.39. The number of carbonyl (C=O) groups is 2. The number of rotatable bonds is 6. The molecule has 128 valence electrons. The monoisotopic (exact) mass is 354 g/mol. The first-order valence-electron chi connectivity index (χ1n) is 8.12. The molecule has 0 N–H and O–H groups in total. The van der Waals surface area contributed by atoms with Crippen LogP contribution in [0.2, 0.25) is 0 Å². The summed E-state index contributed by atoms with van der Waals surface area (Å²) >= 11 is 3.38. The zero-order valence-electron chi connectivity index (χ0n) is 14.5. The van der Waals surface area contributed by atoms with E-state index in [2.05, 4.69) is 6.07 Å². The fourth-order valence-electron chi connectivity index (χ4n) is 2.72. The fraction of sp³-hybridized carbons (Fsp3) is 0.647. The Balaban J connectivity index is 2.09. The maximum absolute atomic E-state index is 12.5. The molecule has 1 aromatic rings. The van der Waals surface area contributed by atoms with Crippen LogP contribution in [-0.2, 0) is 9.59 Å². The number of carbonyl (C=O) groups excluding carboxylic acids is 2. The molecule has 0 saturated carbocycles. The first kappa shape index (κ1) is 18.3. The van der Waals surface area contributed by atoms with Gasteiger partial charge in [-0.3, -0.25) is 9.59 Å². The molecule has 6 heteroatoms. The van der Waals surface area contributed by atoms with E-state index < -0.39 is 0 Å². The molecule has 0 aromatic carbocycles. The second-order valence-corrected chi connectivity index (χ2v) is 8.86. The summed E-state index contributed by atoms with van der Waals surface area (Å²) in [7, 11) is 0. The largest absolute Gasteiger partial charge is 0.338 e. The normalized spacial score (nSPS) is 21.5. The van der Waals surface area contributed by atoms with Crippen molar-refractivity contribution >= 4 is 34.9 Å². The first-order chi connectivity index (χ1) is 10.8. The predicted molar refractivity (Wildman–Crippen MR) is 97.5 cm³/mol. The first-order valence-corrected chi connectivity index (χ1v) is 9.95. The lowest BCUT2D eigenvalue weighted by Gasteiger charge is -2.32. The minimum Gasteiger partial charge on any atom is -0.338 e. The molecule has 0 aliphatic carbocycles. The van der Waals surface area contributed by atoms with Gasteiger partial charge in [-0.15, -0.1) is 23.1 Å². The average molecular weight is 355 g/mol. The van der Waals surface area contributed by atoms with Gasteiger partial charge in [0.05, 0.1) is 5.25 Å². The van der Waals surface area contributed by atoms with Crippen LogP contribution in [0.1, 0.15) is 44.9 Å². The SMILES string of the molecule is CC(C)C(=O)N(CCN1C(=O)[C@H](C)S[C@@H]1c1cccs1)C(C)C. The lowest BCUT2D eigenvalue weighted by Crippen LogP contribution is -2.45. The summed E-state index contributed by atoms with van der Waals surface area (Å²) in [6, 6.07) is 4.25. The van der Waals surface area contributed by atoms with Crippen LogP contribution in [0.4, 0.5) is 0 Å². The van der Waals surface area contributed by atoms with Gasteiger partial charge in [0.2, 0.25) is 11.8 Å². The van der Waals surface area contributed by atoms with Crippen LogP contribution < -0.4 is 0 Å². The highest BCUT2D eigenvalue weighted by molar-refractivity contribution is 8.01. The lowest BCUT2D eigenvalue weighted by molar-refractivity contribution is -0.138. The molecule has 0 spiro atoms. The Morgan fingerprint density at radius 1 is 1.35 bits per heavy atom. The Morgan fingerprint density at radius 3 is 2.57 bits per heavy atom. The molecular formula is C17H26N2O2S2. The molecule has 2 rings (SSSR count). The highest BCUT2D eigenvalue weighted by atomic mass is 32.2. The van der Waals surface area contributed by atoms with Crippen LogP contribution >= 0.6 is 23.1 Å². The molecule has 4 nitrogen and oxygen atoms in total. The minimum atomic E-state index is -0.0203. The van der Waals surface area contributed by atoms with E-state index in [1.54, 1.807) is 23.1 Å². The number of amides is 2. The predicted octanol–water partition coefficient (Wildman–Crippen LogP) is 3.60. The van der Waals surface area contributed by atoms with E-state index in [-0.39, 0.29) is 34.4 Å². The van der Waals surface area contributed by atoms with Crippen molar-refractivity contribution in [1.29, 1.82) is 0 Å². The zero-order chi connectivity index (χ0) is 17.1. The van der Waals surface area contributed by atoms with Gasteiger partial charge in [0.15, 0.2) is 0 Å². The minimum absolute atomic E-state index is 0.0181. The molecule has 0 unspecified atom stereocenters. The highest BCUT2D eigenvalue weighted by Crippen LogP contribution is 2.44. The molecule has 1 saturated heterocycles. The van der Waals surface area contributed by atoms with Crippen LogP contribution in [0.15, 0.2) is 17.5 Å². The third-order valence-corrected chi connectivity index (χ3v) is 6.47. The summed E-state index contributed by atoms with van der Waals surface area (Å²) in [6.45, 7) is 11.1. The Bertz CT molecular complexity index is 543. The van der Waals surface area contributed by atoms with Crippen molar-refractivity contribution in [2.75, 3.05) is 13.1 Å². The van der Waals surface area contributed by atoms with Crippen molar-refractivity contribution in [1.82, 2.24) is 9.80 Å². The van der Waals surface area contributed by atoms with Gasteiger partial charge in [-0.1, -0.05) is 19.9 Å². The number of hydrogen-bond acceptors (Lipinski definition) is 4. The summed E-state index contributed by atoms with van der Waals surface area (Å²) in [5.74, 6) is 0.308. The van der Waals surface area contributed by atoms with E-state index in [0.717, 1.165) is 0 Å². The molecule has 0 radical (unpaired) electrons. The maximum atomic E-state index is 12.5. The quantitative estimate of drug-likeness (QED) is 0.784. The van der Waals surface area contributed by atoms with E-state index in [1.165, 1.54) is 4.88 Å². The Morgan fingerprint density at radius 2 is 2.04 bits per heavy atom. The molecule has 1 aliphatic rings. The summed E-state index contributed by atoms with van der Waals surface area (Å²) in [6.07, 6.45) is 0. The lowest BCUT2D eigenvalue weighted by atomic mass is 10.1. The number of hydrogen-bond donors (Lipinski definition) is 0. The van der Waals surface area contributed by atoms with E-state index in [9.17, 15) is 9.59 Å².